The van der Waals surface area contributed by atoms with E-state index in [1.807, 2.05) is 29.2 Å². The zero-order valence-corrected chi connectivity index (χ0v) is 11.5. The normalized spacial score (nSPS) is 18.5. The van der Waals surface area contributed by atoms with Crippen LogP contribution in [0.5, 0.6) is 0 Å². The predicted octanol–water partition coefficient (Wildman–Crippen LogP) is 2.07. The maximum Gasteiger partial charge on any atom is 0.256 e. The molecule has 1 aliphatic heterocycles. The molecule has 104 valence electrons. The molecule has 0 bridgehead atoms. The fourth-order valence-corrected chi connectivity index (χ4v) is 2.35. The van der Waals surface area contributed by atoms with Gasteiger partial charge in [-0.15, -0.1) is 0 Å². The summed E-state index contributed by atoms with van der Waals surface area (Å²) in [6.07, 6.45) is 2.47. The Hall–Kier alpha value is -1.39. The minimum Gasteiger partial charge on any atom is -0.368 e. The van der Waals surface area contributed by atoms with Crippen molar-refractivity contribution in [3.8, 4) is 0 Å². The van der Waals surface area contributed by atoms with E-state index in [1.165, 1.54) is 0 Å². The van der Waals surface area contributed by atoms with Gasteiger partial charge in [-0.25, -0.2) is 0 Å². The van der Waals surface area contributed by atoms with Crippen molar-refractivity contribution in [1.29, 1.82) is 0 Å². The zero-order chi connectivity index (χ0) is 13.7. The van der Waals surface area contributed by atoms with Crippen molar-refractivity contribution in [2.45, 2.75) is 38.8 Å². The maximum atomic E-state index is 12.5. The van der Waals surface area contributed by atoms with E-state index >= 15 is 0 Å². The van der Waals surface area contributed by atoms with Gasteiger partial charge < -0.3 is 15.4 Å². The maximum absolute atomic E-state index is 12.5. The molecule has 2 N–H and O–H groups in total. The van der Waals surface area contributed by atoms with E-state index in [-0.39, 0.29) is 12.0 Å². The lowest BCUT2D eigenvalue weighted by molar-refractivity contribution is -0.127. The number of amides is 1. The van der Waals surface area contributed by atoms with Crippen LogP contribution in [0.15, 0.2) is 24.3 Å². The average Bonchev–Trinajstić information content (AvgIpc) is 2.98. The standard InChI is InChI=1S/C15H22N2O2/c1-2-9-17(15(18)14-4-3-10-19-14)13-7-5-12(11-16)6-8-13/h5-8,14H,2-4,9-11,16H2,1H3. The first-order valence-electron chi connectivity index (χ1n) is 6.98. The largest absolute Gasteiger partial charge is 0.368 e. The second kappa shape index (κ2) is 6.68. The van der Waals surface area contributed by atoms with Gasteiger partial charge in [-0.05, 0) is 37.0 Å². The molecule has 1 aromatic rings. The number of hydrogen-bond acceptors (Lipinski definition) is 3. The SMILES string of the molecule is CCCN(C(=O)C1CCCO1)c1ccc(CN)cc1. The van der Waals surface area contributed by atoms with Gasteiger partial charge in [0, 0.05) is 25.4 Å². The molecular weight excluding hydrogens is 240 g/mol. The molecule has 1 aliphatic rings. The average molecular weight is 262 g/mol. The Morgan fingerprint density at radius 1 is 1.42 bits per heavy atom. The Bertz CT molecular complexity index is 411. The molecule has 2 rings (SSSR count). The minimum absolute atomic E-state index is 0.0832. The molecule has 4 nitrogen and oxygen atoms in total. The van der Waals surface area contributed by atoms with Gasteiger partial charge >= 0.3 is 0 Å². The van der Waals surface area contributed by atoms with Crippen LogP contribution in [-0.4, -0.2) is 25.2 Å². The number of carbonyl (C=O) groups excluding carboxylic acids is 1. The van der Waals surface area contributed by atoms with E-state index in [1.54, 1.807) is 0 Å². The molecule has 1 atom stereocenters. The Labute approximate surface area is 114 Å². The summed E-state index contributed by atoms with van der Waals surface area (Å²) >= 11 is 0. The second-order valence-electron chi connectivity index (χ2n) is 4.86. The summed E-state index contributed by atoms with van der Waals surface area (Å²) in [6.45, 7) is 4.01. The van der Waals surface area contributed by atoms with Gasteiger partial charge in [-0.2, -0.15) is 0 Å². The molecule has 0 radical (unpaired) electrons. The number of carbonyl (C=O) groups is 1. The highest BCUT2D eigenvalue weighted by Crippen LogP contribution is 2.21. The monoisotopic (exact) mass is 262 g/mol. The number of hydrogen-bond donors (Lipinski definition) is 1. The summed E-state index contributed by atoms with van der Waals surface area (Å²) in [5.41, 5.74) is 7.60. The van der Waals surface area contributed by atoms with E-state index in [9.17, 15) is 4.79 Å². The third-order valence-corrected chi connectivity index (χ3v) is 3.40. The van der Waals surface area contributed by atoms with Crippen LogP contribution < -0.4 is 10.6 Å². The highest BCUT2D eigenvalue weighted by molar-refractivity contribution is 5.96. The molecule has 19 heavy (non-hydrogen) atoms. The Kier molecular flexibility index (Phi) is 4.93. The number of benzene rings is 1. The highest BCUT2D eigenvalue weighted by atomic mass is 16.5. The molecule has 0 aliphatic carbocycles. The first-order valence-corrected chi connectivity index (χ1v) is 6.98. The summed E-state index contributed by atoms with van der Waals surface area (Å²) in [4.78, 5) is 14.3. The summed E-state index contributed by atoms with van der Waals surface area (Å²) in [5, 5.41) is 0. The number of ether oxygens (including phenoxy) is 1. The van der Waals surface area contributed by atoms with Crippen LogP contribution in [0, 0.1) is 0 Å². The molecule has 4 heteroatoms. The zero-order valence-electron chi connectivity index (χ0n) is 11.5. The van der Waals surface area contributed by atoms with Crippen LogP contribution in [0.4, 0.5) is 5.69 Å². The van der Waals surface area contributed by atoms with Gasteiger partial charge in [0.1, 0.15) is 6.10 Å². The van der Waals surface area contributed by atoms with Gasteiger partial charge in [0.25, 0.3) is 5.91 Å². The van der Waals surface area contributed by atoms with Crippen molar-refractivity contribution in [1.82, 2.24) is 0 Å². The van der Waals surface area contributed by atoms with Gasteiger partial charge in [-0.3, -0.25) is 4.79 Å². The predicted molar refractivity (Wildman–Crippen MR) is 76.0 cm³/mol. The molecule has 1 heterocycles. The highest BCUT2D eigenvalue weighted by Gasteiger charge is 2.28. The van der Waals surface area contributed by atoms with Crippen molar-refractivity contribution in [3.05, 3.63) is 29.8 Å². The van der Waals surface area contributed by atoms with Crippen molar-refractivity contribution in [2.24, 2.45) is 5.73 Å². The summed E-state index contributed by atoms with van der Waals surface area (Å²) in [6, 6.07) is 7.87. The van der Waals surface area contributed by atoms with Crippen molar-refractivity contribution in [3.63, 3.8) is 0 Å². The van der Waals surface area contributed by atoms with Crippen LogP contribution in [0.1, 0.15) is 31.7 Å². The molecule has 1 amide bonds. The number of rotatable bonds is 5. The lowest BCUT2D eigenvalue weighted by Gasteiger charge is -2.25. The topological polar surface area (TPSA) is 55.6 Å². The molecule has 0 aromatic heterocycles. The van der Waals surface area contributed by atoms with Crippen LogP contribution in [0.25, 0.3) is 0 Å². The van der Waals surface area contributed by atoms with E-state index in [0.717, 1.165) is 37.1 Å². The second-order valence-corrected chi connectivity index (χ2v) is 4.86. The van der Waals surface area contributed by atoms with E-state index in [0.29, 0.717) is 13.2 Å². The lowest BCUT2D eigenvalue weighted by atomic mass is 10.1. The van der Waals surface area contributed by atoms with Crippen LogP contribution in [0.3, 0.4) is 0 Å². The third-order valence-electron chi connectivity index (χ3n) is 3.40. The smallest absolute Gasteiger partial charge is 0.256 e. The Balaban J connectivity index is 2.15. The van der Waals surface area contributed by atoms with Crippen molar-refractivity contribution >= 4 is 11.6 Å². The Morgan fingerprint density at radius 2 is 2.16 bits per heavy atom. The van der Waals surface area contributed by atoms with Gasteiger partial charge in [-0.1, -0.05) is 19.1 Å². The summed E-state index contributed by atoms with van der Waals surface area (Å²) in [7, 11) is 0. The van der Waals surface area contributed by atoms with Crippen molar-refractivity contribution < 1.29 is 9.53 Å². The summed E-state index contributed by atoms with van der Waals surface area (Å²) < 4.78 is 5.50. The van der Waals surface area contributed by atoms with E-state index in [2.05, 4.69) is 6.92 Å². The lowest BCUT2D eigenvalue weighted by Crippen LogP contribution is -2.39. The van der Waals surface area contributed by atoms with Crippen LogP contribution in [0.2, 0.25) is 0 Å². The first-order chi connectivity index (χ1) is 9.26. The molecule has 1 aromatic carbocycles. The quantitative estimate of drug-likeness (QED) is 0.883. The summed E-state index contributed by atoms with van der Waals surface area (Å²) in [5.74, 6) is 0.0832. The fourth-order valence-electron chi connectivity index (χ4n) is 2.35. The number of nitrogens with zero attached hydrogens (tertiary/aromatic N) is 1. The molecule has 0 spiro atoms. The fraction of sp³-hybridized carbons (Fsp3) is 0.533. The number of nitrogens with two attached hydrogens (primary N) is 1. The molecule has 1 unspecified atom stereocenters. The minimum atomic E-state index is -0.263. The molecule has 1 saturated heterocycles. The Morgan fingerprint density at radius 3 is 2.68 bits per heavy atom. The molecule has 0 saturated carbocycles. The first kappa shape index (κ1) is 14.0. The third kappa shape index (κ3) is 3.33. The van der Waals surface area contributed by atoms with Crippen LogP contribution >= 0.6 is 0 Å². The van der Waals surface area contributed by atoms with Crippen LogP contribution in [-0.2, 0) is 16.1 Å². The van der Waals surface area contributed by atoms with Gasteiger partial charge in [0.05, 0.1) is 0 Å². The molecular formula is C15H22N2O2. The number of anilines is 1. The molecule has 1 fully saturated rings. The van der Waals surface area contributed by atoms with Gasteiger partial charge in [0.15, 0.2) is 0 Å². The van der Waals surface area contributed by atoms with E-state index < -0.39 is 0 Å². The van der Waals surface area contributed by atoms with Gasteiger partial charge in [0.2, 0.25) is 0 Å². The van der Waals surface area contributed by atoms with E-state index in [4.69, 9.17) is 10.5 Å². The van der Waals surface area contributed by atoms with Crippen molar-refractivity contribution in [2.75, 3.05) is 18.1 Å².